The maximum absolute atomic E-state index is 12.5. The van der Waals surface area contributed by atoms with Crippen LogP contribution >= 0.6 is 0 Å². The Morgan fingerprint density at radius 2 is 1.53 bits per heavy atom. The molecule has 1 amide bonds. The average molecular weight is 552 g/mol. The zero-order valence-electron chi connectivity index (χ0n) is 20.1. The van der Waals surface area contributed by atoms with E-state index in [9.17, 15) is 31.1 Å². The first kappa shape index (κ1) is 30.6. The van der Waals surface area contributed by atoms with Crippen molar-refractivity contribution in [2.75, 3.05) is 18.0 Å². The quantitative estimate of drug-likeness (QED) is 0.558. The van der Waals surface area contributed by atoms with Gasteiger partial charge in [0.15, 0.2) is 0 Å². The lowest BCUT2D eigenvalue weighted by atomic mass is 9.95. The summed E-state index contributed by atoms with van der Waals surface area (Å²) in [7, 11) is 1.90. The summed E-state index contributed by atoms with van der Waals surface area (Å²) < 4.78 is 65.2. The summed E-state index contributed by atoms with van der Waals surface area (Å²) in [4.78, 5) is 34.9. The zero-order chi connectivity index (χ0) is 28.7. The number of carbonyl (C=O) groups is 3. The van der Waals surface area contributed by atoms with Gasteiger partial charge in [0.2, 0.25) is 5.91 Å². The monoisotopic (exact) mass is 552 g/mol. The molecule has 2 fully saturated rings. The van der Waals surface area contributed by atoms with Crippen molar-refractivity contribution in [3.05, 3.63) is 48.3 Å². The smallest absolute Gasteiger partial charge is 0.475 e. The van der Waals surface area contributed by atoms with E-state index in [2.05, 4.69) is 40.3 Å². The second kappa shape index (κ2) is 12.8. The number of hydrogen-bond acceptors (Lipinski definition) is 5. The molecule has 4 rings (SSSR count). The van der Waals surface area contributed by atoms with Gasteiger partial charge in [-0.25, -0.2) is 9.59 Å². The normalized spacial score (nSPS) is 19.6. The molecule has 2 saturated heterocycles. The highest BCUT2D eigenvalue weighted by Gasteiger charge is 2.43. The number of carboxylic acids is 2. The summed E-state index contributed by atoms with van der Waals surface area (Å²) in [5.41, 5.74) is 2.33. The van der Waals surface area contributed by atoms with Gasteiger partial charge in [0, 0.05) is 38.8 Å². The Labute approximate surface area is 213 Å². The third kappa shape index (κ3) is 8.75. The highest BCUT2D eigenvalue weighted by Crippen LogP contribution is 2.34. The van der Waals surface area contributed by atoms with Crippen molar-refractivity contribution in [1.82, 2.24) is 14.7 Å². The number of aromatic nitrogens is 2. The highest BCUT2D eigenvalue weighted by atomic mass is 19.4. The minimum Gasteiger partial charge on any atom is -0.475 e. The molecule has 0 unspecified atom stereocenters. The number of fused-ring (bicyclic) bond motifs is 1. The zero-order valence-corrected chi connectivity index (χ0v) is 20.1. The second-order valence-electron chi connectivity index (χ2n) is 8.48. The van der Waals surface area contributed by atoms with Gasteiger partial charge in [-0.05, 0) is 24.8 Å². The summed E-state index contributed by atoms with van der Waals surface area (Å²) in [5.74, 6) is -5.27. The molecule has 15 heteroatoms. The second-order valence-corrected chi connectivity index (χ2v) is 8.48. The standard InChI is InChI=1S/C19H24N4O.2C2HF3O2/c1-21-14-16(13-20-21)23-18-10-12-22(17(18)7-8-19(23)24)11-9-15-5-3-2-4-6-15;2*3-2(4,5)1(6)7/h2-6,13-14,17-18H,7-12H2,1H3;2*(H,6,7)/t17-,18-;;/m1../s1. The number of anilines is 1. The van der Waals surface area contributed by atoms with Gasteiger partial charge in [-0.15, -0.1) is 0 Å². The van der Waals surface area contributed by atoms with Gasteiger partial charge in [0.1, 0.15) is 0 Å². The fourth-order valence-corrected chi connectivity index (χ4v) is 4.22. The van der Waals surface area contributed by atoms with Crippen molar-refractivity contribution >= 4 is 23.5 Å². The van der Waals surface area contributed by atoms with Gasteiger partial charge >= 0.3 is 24.3 Å². The Morgan fingerprint density at radius 1 is 0.974 bits per heavy atom. The molecule has 2 aliphatic rings. The Kier molecular flexibility index (Phi) is 10.3. The summed E-state index contributed by atoms with van der Waals surface area (Å²) in [6.45, 7) is 2.15. The van der Waals surface area contributed by atoms with E-state index >= 15 is 0 Å². The first-order chi connectivity index (χ1) is 17.6. The number of likely N-dealkylation sites (tertiary alicyclic amines) is 1. The number of piperidine rings is 1. The molecule has 1 aromatic carbocycles. The molecule has 2 N–H and O–H groups in total. The summed E-state index contributed by atoms with van der Waals surface area (Å²) in [5, 5.41) is 18.5. The van der Waals surface area contributed by atoms with E-state index in [1.807, 2.05) is 24.3 Å². The first-order valence-electron chi connectivity index (χ1n) is 11.3. The molecular weight excluding hydrogens is 526 g/mol. The number of aryl methyl sites for hydroxylation is 1. The van der Waals surface area contributed by atoms with Gasteiger partial charge in [-0.1, -0.05) is 30.3 Å². The molecule has 2 aliphatic heterocycles. The first-order valence-corrected chi connectivity index (χ1v) is 11.3. The Balaban J connectivity index is 0.000000301. The highest BCUT2D eigenvalue weighted by molar-refractivity contribution is 5.94. The van der Waals surface area contributed by atoms with E-state index in [0.29, 0.717) is 18.5 Å². The topological polar surface area (TPSA) is 116 Å². The van der Waals surface area contributed by atoms with Crippen LogP contribution in [0.25, 0.3) is 0 Å². The third-order valence-electron chi connectivity index (χ3n) is 5.86. The number of halogens is 6. The fraction of sp³-hybridized carbons (Fsp3) is 0.478. The van der Waals surface area contributed by atoms with Crippen LogP contribution in [-0.4, -0.2) is 80.3 Å². The number of alkyl halides is 6. The molecule has 2 aromatic rings. The van der Waals surface area contributed by atoms with Crippen LogP contribution in [0.15, 0.2) is 42.7 Å². The minimum atomic E-state index is -5.08. The SMILES string of the molecule is Cn1cc(N2C(=O)CC[C@@H]3[C@H]2CCN3CCc2ccccc2)cn1.O=C(O)C(F)(F)F.O=C(O)C(F)(F)F. The molecule has 0 bridgehead atoms. The van der Waals surface area contributed by atoms with Crippen LogP contribution < -0.4 is 4.90 Å². The van der Waals surface area contributed by atoms with Gasteiger partial charge in [0.05, 0.1) is 17.9 Å². The number of aliphatic carboxylic acids is 2. The van der Waals surface area contributed by atoms with E-state index < -0.39 is 24.3 Å². The minimum absolute atomic E-state index is 0.245. The lowest BCUT2D eigenvalue weighted by Crippen LogP contribution is -2.52. The van der Waals surface area contributed by atoms with Crippen LogP contribution in [0.3, 0.4) is 0 Å². The van der Waals surface area contributed by atoms with Crippen molar-refractivity contribution in [2.24, 2.45) is 7.05 Å². The molecule has 1 aromatic heterocycles. The fourth-order valence-electron chi connectivity index (χ4n) is 4.22. The Bertz CT molecular complexity index is 1070. The number of carbonyl (C=O) groups excluding carboxylic acids is 1. The van der Waals surface area contributed by atoms with Crippen molar-refractivity contribution in [3.63, 3.8) is 0 Å². The number of hydrogen-bond donors (Lipinski definition) is 2. The lowest BCUT2D eigenvalue weighted by molar-refractivity contribution is -0.193. The number of carboxylic acid groups (broad SMARTS) is 2. The van der Waals surface area contributed by atoms with Crippen molar-refractivity contribution in [2.45, 2.75) is 50.1 Å². The van der Waals surface area contributed by atoms with Crippen LogP contribution in [0.1, 0.15) is 24.8 Å². The Hall–Kier alpha value is -3.62. The van der Waals surface area contributed by atoms with E-state index in [1.165, 1.54) is 5.56 Å². The molecule has 0 aliphatic carbocycles. The van der Waals surface area contributed by atoms with Crippen molar-refractivity contribution in [3.8, 4) is 0 Å². The summed E-state index contributed by atoms with van der Waals surface area (Å²) in [6.07, 6.45) is -2.66. The van der Waals surface area contributed by atoms with Crippen LogP contribution in [-0.2, 0) is 27.9 Å². The summed E-state index contributed by atoms with van der Waals surface area (Å²) >= 11 is 0. The molecule has 38 heavy (non-hydrogen) atoms. The largest absolute Gasteiger partial charge is 0.490 e. The van der Waals surface area contributed by atoms with Gasteiger partial charge in [-0.2, -0.15) is 31.4 Å². The van der Waals surface area contributed by atoms with E-state index in [1.54, 1.807) is 4.68 Å². The maximum Gasteiger partial charge on any atom is 0.490 e. The van der Waals surface area contributed by atoms with Gasteiger partial charge in [0.25, 0.3) is 0 Å². The Morgan fingerprint density at radius 3 is 2.00 bits per heavy atom. The van der Waals surface area contributed by atoms with E-state index in [0.717, 1.165) is 38.0 Å². The third-order valence-corrected chi connectivity index (χ3v) is 5.86. The molecule has 3 heterocycles. The number of benzene rings is 1. The average Bonchev–Trinajstić information content (AvgIpc) is 3.44. The van der Waals surface area contributed by atoms with Crippen LogP contribution in [0, 0.1) is 0 Å². The number of amides is 1. The van der Waals surface area contributed by atoms with Crippen LogP contribution in [0.2, 0.25) is 0 Å². The molecule has 210 valence electrons. The van der Waals surface area contributed by atoms with Gasteiger partial charge < -0.3 is 15.1 Å². The number of rotatable bonds is 4. The van der Waals surface area contributed by atoms with Gasteiger partial charge in [-0.3, -0.25) is 14.4 Å². The lowest BCUT2D eigenvalue weighted by Gasteiger charge is -2.39. The predicted molar refractivity (Wildman–Crippen MR) is 121 cm³/mol. The molecule has 9 nitrogen and oxygen atoms in total. The van der Waals surface area contributed by atoms with Crippen molar-refractivity contribution < 1.29 is 50.9 Å². The predicted octanol–water partition coefficient (Wildman–Crippen LogP) is 3.50. The molecule has 0 spiro atoms. The van der Waals surface area contributed by atoms with Crippen LogP contribution in [0.4, 0.5) is 32.0 Å². The molecular formula is C23H26F6N4O5. The van der Waals surface area contributed by atoms with E-state index in [-0.39, 0.29) is 5.91 Å². The van der Waals surface area contributed by atoms with Crippen molar-refractivity contribution in [1.29, 1.82) is 0 Å². The maximum atomic E-state index is 12.5. The van der Waals surface area contributed by atoms with Crippen LogP contribution in [0.5, 0.6) is 0 Å². The molecule has 2 atom stereocenters. The number of nitrogens with zero attached hydrogens (tertiary/aromatic N) is 4. The molecule has 0 radical (unpaired) electrons. The summed E-state index contributed by atoms with van der Waals surface area (Å²) in [6, 6.07) is 11.4. The molecule has 0 saturated carbocycles. The van der Waals surface area contributed by atoms with E-state index in [4.69, 9.17) is 19.8 Å².